The first-order valence-corrected chi connectivity index (χ1v) is 9.47. The molecule has 0 radical (unpaired) electrons. The Labute approximate surface area is 144 Å². The van der Waals surface area contributed by atoms with E-state index in [0.717, 1.165) is 49.5 Å². The van der Waals surface area contributed by atoms with E-state index in [9.17, 15) is 9.59 Å². The zero-order valence-electron chi connectivity index (χ0n) is 13.9. The number of likely N-dealkylation sites (tertiary alicyclic amines) is 1. The summed E-state index contributed by atoms with van der Waals surface area (Å²) in [4.78, 5) is 27.8. The largest absolute Gasteiger partial charge is 0.345 e. The normalized spacial score (nSPS) is 19.0. The average molecular weight is 346 g/mol. The second-order valence-corrected chi connectivity index (χ2v) is 7.81. The van der Waals surface area contributed by atoms with Gasteiger partial charge in [0.1, 0.15) is 5.82 Å². The fourth-order valence-corrected chi connectivity index (χ4v) is 4.21. The molecule has 128 valence electrons. The molecule has 0 N–H and O–H groups in total. The number of aryl methyl sites for hydroxylation is 1. The number of hydrogen-bond donors (Lipinski definition) is 0. The summed E-state index contributed by atoms with van der Waals surface area (Å²) >= 11 is 1.63. The maximum atomic E-state index is 12.4. The molecule has 3 heterocycles. The van der Waals surface area contributed by atoms with Crippen LogP contribution in [0.15, 0.2) is 22.3 Å². The van der Waals surface area contributed by atoms with Gasteiger partial charge in [-0.25, -0.2) is 9.48 Å². The average Bonchev–Trinajstić information content (AvgIpc) is 3.21. The SMILES string of the molecule is Cn1nc(C2CCN(C(=O)Cc3cccs3)CC2)n(C2CC2)c1=O. The van der Waals surface area contributed by atoms with Crippen molar-refractivity contribution < 1.29 is 4.79 Å². The molecule has 2 fully saturated rings. The highest BCUT2D eigenvalue weighted by molar-refractivity contribution is 7.10. The first-order chi connectivity index (χ1) is 11.6. The molecule has 0 aromatic carbocycles. The Kier molecular flexibility index (Phi) is 4.04. The minimum Gasteiger partial charge on any atom is -0.342 e. The monoisotopic (exact) mass is 346 g/mol. The maximum Gasteiger partial charge on any atom is 0.345 e. The molecule has 4 rings (SSSR count). The third-order valence-electron chi connectivity index (χ3n) is 5.01. The van der Waals surface area contributed by atoms with Gasteiger partial charge in [-0.3, -0.25) is 9.36 Å². The summed E-state index contributed by atoms with van der Waals surface area (Å²) in [6.45, 7) is 1.51. The van der Waals surface area contributed by atoms with Gasteiger partial charge in [-0.1, -0.05) is 6.07 Å². The van der Waals surface area contributed by atoms with E-state index in [1.54, 1.807) is 18.4 Å². The van der Waals surface area contributed by atoms with E-state index in [2.05, 4.69) is 5.10 Å². The van der Waals surface area contributed by atoms with Crippen LogP contribution in [0.2, 0.25) is 0 Å². The Bertz CT molecular complexity index is 780. The van der Waals surface area contributed by atoms with Gasteiger partial charge in [0, 0.05) is 37.0 Å². The Morgan fingerprint density at radius 2 is 2.04 bits per heavy atom. The zero-order chi connectivity index (χ0) is 16.7. The fraction of sp³-hybridized carbons (Fsp3) is 0.588. The Morgan fingerprint density at radius 1 is 1.29 bits per heavy atom. The topological polar surface area (TPSA) is 60.1 Å². The van der Waals surface area contributed by atoms with Crippen LogP contribution in [-0.2, 0) is 18.3 Å². The van der Waals surface area contributed by atoms with Crippen LogP contribution >= 0.6 is 11.3 Å². The number of carbonyl (C=O) groups excluding carboxylic acids is 1. The van der Waals surface area contributed by atoms with Crippen LogP contribution < -0.4 is 5.69 Å². The van der Waals surface area contributed by atoms with Crippen molar-refractivity contribution in [2.75, 3.05) is 13.1 Å². The number of aromatic nitrogens is 3. The Morgan fingerprint density at radius 3 is 2.67 bits per heavy atom. The smallest absolute Gasteiger partial charge is 0.342 e. The molecule has 2 aliphatic rings. The molecule has 0 spiro atoms. The van der Waals surface area contributed by atoms with Gasteiger partial charge >= 0.3 is 5.69 Å². The van der Waals surface area contributed by atoms with E-state index in [1.807, 2.05) is 27.0 Å². The molecule has 0 bridgehead atoms. The van der Waals surface area contributed by atoms with E-state index < -0.39 is 0 Å². The lowest BCUT2D eigenvalue weighted by Crippen LogP contribution is -2.39. The molecule has 1 aliphatic heterocycles. The summed E-state index contributed by atoms with van der Waals surface area (Å²) in [5, 5.41) is 6.50. The van der Waals surface area contributed by atoms with Gasteiger partial charge in [-0.15, -0.1) is 11.3 Å². The van der Waals surface area contributed by atoms with Crippen molar-refractivity contribution in [3.8, 4) is 0 Å². The maximum absolute atomic E-state index is 12.4. The van der Waals surface area contributed by atoms with Crippen LogP contribution in [0.1, 0.15) is 48.3 Å². The number of thiophene rings is 1. The Balaban J connectivity index is 1.42. The lowest BCUT2D eigenvalue weighted by atomic mass is 9.95. The molecule has 1 amide bonds. The predicted molar refractivity (Wildman–Crippen MR) is 92.3 cm³/mol. The summed E-state index contributed by atoms with van der Waals surface area (Å²) in [6, 6.07) is 4.34. The van der Waals surface area contributed by atoms with Gasteiger partial charge in [0.2, 0.25) is 5.91 Å². The van der Waals surface area contributed by atoms with E-state index in [4.69, 9.17) is 0 Å². The summed E-state index contributed by atoms with van der Waals surface area (Å²) < 4.78 is 3.36. The van der Waals surface area contributed by atoms with Gasteiger partial charge in [-0.2, -0.15) is 5.10 Å². The Hall–Kier alpha value is -1.89. The number of amides is 1. The lowest BCUT2D eigenvalue weighted by molar-refractivity contribution is -0.131. The van der Waals surface area contributed by atoms with Crippen molar-refractivity contribution >= 4 is 17.2 Å². The van der Waals surface area contributed by atoms with Gasteiger partial charge in [0.05, 0.1) is 6.42 Å². The molecule has 6 nitrogen and oxygen atoms in total. The van der Waals surface area contributed by atoms with Crippen LogP contribution in [0, 0.1) is 0 Å². The highest BCUT2D eigenvalue weighted by atomic mass is 32.1. The predicted octanol–water partition coefficient (Wildman–Crippen LogP) is 1.93. The summed E-state index contributed by atoms with van der Waals surface area (Å²) in [5.41, 5.74) is 0.00343. The van der Waals surface area contributed by atoms with E-state index in [1.165, 1.54) is 4.68 Å². The van der Waals surface area contributed by atoms with Crippen LogP contribution in [0.5, 0.6) is 0 Å². The second-order valence-electron chi connectivity index (χ2n) is 6.78. The highest BCUT2D eigenvalue weighted by Crippen LogP contribution is 2.37. The molecule has 24 heavy (non-hydrogen) atoms. The van der Waals surface area contributed by atoms with Crippen molar-refractivity contribution in [3.05, 3.63) is 38.7 Å². The molecule has 2 aromatic heterocycles. The summed E-state index contributed by atoms with van der Waals surface area (Å²) in [6.07, 6.45) is 4.44. The molecule has 0 unspecified atom stereocenters. The van der Waals surface area contributed by atoms with Gasteiger partial charge < -0.3 is 4.90 Å². The van der Waals surface area contributed by atoms with Crippen LogP contribution in [0.3, 0.4) is 0 Å². The third kappa shape index (κ3) is 2.92. The quantitative estimate of drug-likeness (QED) is 0.850. The standard InChI is InChI=1S/C17H22N4O2S/c1-19-17(23)21(13-4-5-13)16(18-19)12-6-8-20(9-7-12)15(22)11-14-3-2-10-24-14/h2-3,10,12-13H,4-9,11H2,1H3. The molecular weight excluding hydrogens is 324 g/mol. The molecule has 1 saturated carbocycles. The number of carbonyl (C=O) groups is 1. The van der Waals surface area contributed by atoms with Crippen LogP contribution in [0.4, 0.5) is 0 Å². The van der Waals surface area contributed by atoms with E-state index >= 15 is 0 Å². The number of piperidine rings is 1. The van der Waals surface area contributed by atoms with Gasteiger partial charge in [0.15, 0.2) is 0 Å². The number of hydrogen-bond acceptors (Lipinski definition) is 4. The highest BCUT2D eigenvalue weighted by Gasteiger charge is 2.34. The first kappa shape index (κ1) is 15.6. The van der Waals surface area contributed by atoms with Crippen LogP contribution in [0.25, 0.3) is 0 Å². The second kappa shape index (κ2) is 6.20. The van der Waals surface area contributed by atoms with Gasteiger partial charge in [0.25, 0.3) is 0 Å². The van der Waals surface area contributed by atoms with Crippen LogP contribution in [-0.4, -0.2) is 38.2 Å². The minimum absolute atomic E-state index is 0.00343. The summed E-state index contributed by atoms with van der Waals surface area (Å²) in [5.74, 6) is 1.41. The van der Waals surface area contributed by atoms with Crippen molar-refractivity contribution in [3.63, 3.8) is 0 Å². The van der Waals surface area contributed by atoms with E-state index in [-0.39, 0.29) is 17.5 Å². The van der Waals surface area contributed by atoms with Gasteiger partial charge in [-0.05, 0) is 37.1 Å². The molecule has 0 atom stereocenters. The van der Waals surface area contributed by atoms with Crippen molar-refractivity contribution in [2.45, 2.75) is 44.1 Å². The molecular formula is C17H22N4O2S. The number of nitrogens with zero attached hydrogens (tertiary/aromatic N) is 4. The molecule has 2 aromatic rings. The van der Waals surface area contributed by atoms with E-state index in [0.29, 0.717) is 12.5 Å². The van der Waals surface area contributed by atoms with Crippen molar-refractivity contribution in [2.24, 2.45) is 7.05 Å². The molecule has 7 heteroatoms. The minimum atomic E-state index is 0.00343. The summed E-state index contributed by atoms with van der Waals surface area (Å²) in [7, 11) is 1.73. The number of rotatable bonds is 4. The first-order valence-electron chi connectivity index (χ1n) is 8.59. The third-order valence-corrected chi connectivity index (χ3v) is 5.89. The van der Waals surface area contributed by atoms with Crippen molar-refractivity contribution in [1.29, 1.82) is 0 Å². The van der Waals surface area contributed by atoms with Crippen molar-refractivity contribution in [1.82, 2.24) is 19.2 Å². The fourth-order valence-electron chi connectivity index (χ4n) is 3.51. The zero-order valence-corrected chi connectivity index (χ0v) is 14.7. The molecule has 1 aliphatic carbocycles. The lowest BCUT2D eigenvalue weighted by Gasteiger charge is -2.31. The molecule has 1 saturated heterocycles.